The fraction of sp³-hybridized carbons (Fsp3) is 1.00. The van der Waals surface area contributed by atoms with Gasteiger partial charge in [0.05, 0.1) is 0 Å². The third-order valence-electron chi connectivity index (χ3n) is 3.55. The van der Waals surface area contributed by atoms with Crippen molar-refractivity contribution in [2.75, 3.05) is 13.2 Å². The summed E-state index contributed by atoms with van der Waals surface area (Å²) in [5, 5.41) is 0. The molecule has 0 spiro atoms. The Morgan fingerprint density at radius 1 is 1.00 bits per heavy atom. The summed E-state index contributed by atoms with van der Waals surface area (Å²) in [7, 11) is 0. The Kier molecular flexibility index (Phi) is 3.67. The van der Waals surface area contributed by atoms with Crippen molar-refractivity contribution < 1.29 is 4.74 Å². The number of hydrogen-bond donors (Lipinski definition) is 0. The lowest BCUT2D eigenvalue weighted by Crippen LogP contribution is -2.23. The van der Waals surface area contributed by atoms with Gasteiger partial charge in [-0.1, -0.05) is 35.2 Å². The predicted molar refractivity (Wildman–Crippen MR) is 58.2 cm³/mol. The molecule has 13 heavy (non-hydrogen) atoms. The van der Waals surface area contributed by atoms with Gasteiger partial charge < -0.3 is 4.74 Å². The van der Waals surface area contributed by atoms with Gasteiger partial charge in [-0.15, -0.1) is 0 Å². The zero-order chi connectivity index (χ0) is 9.10. The van der Waals surface area contributed by atoms with Crippen LogP contribution < -0.4 is 0 Å². The highest BCUT2D eigenvalue weighted by molar-refractivity contribution is 9.09. The van der Waals surface area contributed by atoms with Crippen LogP contribution in [0.25, 0.3) is 0 Å². The summed E-state index contributed by atoms with van der Waals surface area (Å²) in [5.41, 5.74) is 0. The molecule has 1 heterocycles. The van der Waals surface area contributed by atoms with E-state index in [4.69, 9.17) is 4.74 Å². The van der Waals surface area contributed by atoms with Gasteiger partial charge in [-0.25, -0.2) is 0 Å². The Labute approximate surface area is 89.4 Å². The van der Waals surface area contributed by atoms with E-state index >= 15 is 0 Å². The van der Waals surface area contributed by atoms with Crippen LogP contribution in [0.15, 0.2) is 0 Å². The summed E-state index contributed by atoms with van der Waals surface area (Å²) in [5.74, 6) is 1.74. The Morgan fingerprint density at radius 3 is 2.62 bits per heavy atom. The third kappa shape index (κ3) is 2.47. The predicted octanol–water partition coefficient (Wildman–Crippen LogP) is 3.37. The fourth-order valence-corrected chi connectivity index (χ4v) is 3.73. The molecule has 1 aliphatic heterocycles. The molecule has 1 nitrogen and oxygen atoms in total. The first-order chi connectivity index (χ1) is 6.38. The molecular formula is C11H19BrO. The Bertz CT molecular complexity index is 154. The molecule has 2 aliphatic rings. The molecule has 1 saturated carbocycles. The Hall–Kier alpha value is 0.440. The molecule has 3 unspecified atom stereocenters. The quantitative estimate of drug-likeness (QED) is 0.510. The second-order valence-electron chi connectivity index (χ2n) is 4.44. The maximum absolute atomic E-state index is 5.48. The zero-order valence-corrected chi connectivity index (χ0v) is 9.76. The van der Waals surface area contributed by atoms with Crippen molar-refractivity contribution in [3.63, 3.8) is 0 Å². The van der Waals surface area contributed by atoms with Gasteiger partial charge in [-0.3, -0.25) is 0 Å². The van der Waals surface area contributed by atoms with Gasteiger partial charge >= 0.3 is 0 Å². The van der Waals surface area contributed by atoms with Crippen LogP contribution in [0, 0.1) is 11.8 Å². The molecule has 0 bridgehead atoms. The maximum Gasteiger partial charge on any atom is 0.0498 e. The van der Waals surface area contributed by atoms with Crippen molar-refractivity contribution in [2.24, 2.45) is 11.8 Å². The average molecular weight is 247 g/mol. The highest BCUT2D eigenvalue weighted by Crippen LogP contribution is 2.37. The molecular weight excluding hydrogens is 228 g/mol. The van der Waals surface area contributed by atoms with Crippen LogP contribution in [-0.4, -0.2) is 18.0 Å². The highest BCUT2D eigenvalue weighted by atomic mass is 79.9. The van der Waals surface area contributed by atoms with E-state index in [1.54, 1.807) is 0 Å². The van der Waals surface area contributed by atoms with Crippen LogP contribution in [0.4, 0.5) is 0 Å². The summed E-state index contributed by atoms with van der Waals surface area (Å²) in [6.07, 6.45) is 8.38. The Balaban J connectivity index is 1.93. The number of hydrogen-bond acceptors (Lipinski definition) is 1. The van der Waals surface area contributed by atoms with Crippen molar-refractivity contribution in [1.82, 2.24) is 0 Å². The SMILES string of the molecule is BrC1CCCCCC1C1CCOC1. The highest BCUT2D eigenvalue weighted by Gasteiger charge is 2.31. The van der Waals surface area contributed by atoms with Crippen LogP contribution >= 0.6 is 15.9 Å². The van der Waals surface area contributed by atoms with E-state index in [9.17, 15) is 0 Å². The summed E-state index contributed by atoms with van der Waals surface area (Å²) >= 11 is 3.86. The molecule has 76 valence electrons. The molecule has 0 radical (unpaired) electrons. The van der Waals surface area contributed by atoms with Gasteiger partial charge in [-0.2, -0.15) is 0 Å². The average Bonchev–Trinajstić information content (AvgIpc) is 2.56. The van der Waals surface area contributed by atoms with Crippen molar-refractivity contribution in [3.8, 4) is 0 Å². The fourth-order valence-electron chi connectivity index (χ4n) is 2.71. The number of alkyl halides is 1. The zero-order valence-electron chi connectivity index (χ0n) is 8.18. The molecule has 3 atom stereocenters. The molecule has 0 aromatic carbocycles. The summed E-state index contributed by atoms with van der Waals surface area (Å²) in [6, 6.07) is 0. The lowest BCUT2D eigenvalue weighted by Gasteiger charge is -2.25. The maximum atomic E-state index is 5.48. The van der Waals surface area contributed by atoms with Crippen LogP contribution in [0.5, 0.6) is 0 Å². The topological polar surface area (TPSA) is 9.23 Å². The van der Waals surface area contributed by atoms with Gasteiger partial charge in [-0.05, 0) is 31.1 Å². The van der Waals surface area contributed by atoms with E-state index in [1.807, 2.05) is 0 Å². The van der Waals surface area contributed by atoms with Gasteiger partial charge in [0.1, 0.15) is 0 Å². The summed E-state index contributed by atoms with van der Waals surface area (Å²) in [6.45, 7) is 2.02. The van der Waals surface area contributed by atoms with E-state index in [1.165, 1.54) is 38.5 Å². The van der Waals surface area contributed by atoms with E-state index < -0.39 is 0 Å². The first kappa shape index (κ1) is 9.97. The molecule has 2 rings (SSSR count). The van der Waals surface area contributed by atoms with Gasteiger partial charge in [0, 0.05) is 18.0 Å². The van der Waals surface area contributed by atoms with Gasteiger partial charge in [0.25, 0.3) is 0 Å². The lowest BCUT2D eigenvalue weighted by atomic mass is 9.85. The van der Waals surface area contributed by atoms with Crippen LogP contribution in [-0.2, 0) is 4.74 Å². The van der Waals surface area contributed by atoms with E-state index in [-0.39, 0.29) is 0 Å². The third-order valence-corrected chi connectivity index (χ3v) is 4.69. The van der Waals surface area contributed by atoms with Crippen molar-refractivity contribution in [1.29, 1.82) is 0 Å². The molecule has 1 aliphatic carbocycles. The molecule has 2 fully saturated rings. The smallest absolute Gasteiger partial charge is 0.0498 e. The molecule has 0 aromatic heterocycles. The molecule has 0 amide bonds. The minimum Gasteiger partial charge on any atom is -0.381 e. The first-order valence-corrected chi connectivity index (χ1v) is 6.51. The van der Waals surface area contributed by atoms with Crippen LogP contribution in [0.1, 0.15) is 38.5 Å². The second-order valence-corrected chi connectivity index (χ2v) is 5.62. The van der Waals surface area contributed by atoms with E-state index in [0.29, 0.717) is 0 Å². The van der Waals surface area contributed by atoms with E-state index in [2.05, 4.69) is 15.9 Å². The standard InChI is InChI=1S/C11H19BrO/c12-11-5-3-1-2-4-10(11)9-6-7-13-8-9/h9-11H,1-8H2. The molecule has 2 heteroatoms. The largest absolute Gasteiger partial charge is 0.381 e. The van der Waals surface area contributed by atoms with Crippen molar-refractivity contribution in [2.45, 2.75) is 43.4 Å². The monoisotopic (exact) mass is 246 g/mol. The van der Waals surface area contributed by atoms with Crippen molar-refractivity contribution >= 4 is 15.9 Å². The van der Waals surface area contributed by atoms with Crippen LogP contribution in [0.2, 0.25) is 0 Å². The first-order valence-electron chi connectivity index (χ1n) is 5.60. The lowest BCUT2D eigenvalue weighted by molar-refractivity contribution is 0.169. The molecule has 1 saturated heterocycles. The van der Waals surface area contributed by atoms with Crippen LogP contribution in [0.3, 0.4) is 0 Å². The molecule has 0 aromatic rings. The summed E-state index contributed by atoms with van der Waals surface area (Å²) < 4.78 is 5.48. The van der Waals surface area contributed by atoms with Gasteiger partial charge in [0.2, 0.25) is 0 Å². The van der Waals surface area contributed by atoms with Gasteiger partial charge in [0.15, 0.2) is 0 Å². The normalized spacial score (nSPS) is 41.8. The van der Waals surface area contributed by atoms with E-state index in [0.717, 1.165) is 29.9 Å². The number of rotatable bonds is 1. The summed E-state index contributed by atoms with van der Waals surface area (Å²) in [4.78, 5) is 0.765. The minimum absolute atomic E-state index is 0.765. The number of ether oxygens (including phenoxy) is 1. The Morgan fingerprint density at radius 2 is 1.85 bits per heavy atom. The second kappa shape index (κ2) is 4.79. The van der Waals surface area contributed by atoms with Crippen molar-refractivity contribution in [3.05, 3.63) is 0 Å². The number of halogens is 1. The molecule has 0 N–H and O–H groups in total. The minimum atomic E-state index is 0.765.